The molecule has 2 fully saturated rings. The Kier molecular flexibility index (Phi) is 5.69. The highest BCUT2D eigenvalue weighted by Crippen LogP contribution is 2.16. The van der Waals surface area contributed by atoms with Crippen molar-refractivity contribution >= 4 is 17.6 Å². The van der Waals surface area contributed by atoms with Crippen LogP contribution in [0.25, 0.3) is 0 Å². The number of anilines is 1. The van der Waals surface area contributed by atoms with Gasteiger partial charge in [-0.05, 0) is 50.3 Å². The van der Waals surface area contributed by atoms with E-state index < -0.39 is 0 Å². The third kappa shape index (κ3) is 4.47. The van der Waals surface area contributed by atoms with E-state index in [0.29, 0.717) is 17.8 Å². The number of nitrogens with zero attached hydrogens (tertiary/aromatic N) is 1. The Hall–Kier alpha value is -2.08. The summed E-state index contributed by atoms with van der Waals surface area (Å²) < 4.78 is 5.48. The molecule has 1 aromatic carbocycles. The minimum atomic E-state index is -0.270. The quantitative estimate of drug-likeness (QED) is 0.891. The molecule has 0 aromatic heterocycles. The van der Waals surface area contributed by atoms with Crippen molar-refractivity contribution < 1.29 is 14.3 Å². The van der Waals surface area contributed by atoms with E-state index in [4.69, 9.17) is 4.74 Å². The fourth-order valence-corrected chi connectivity index (χ4v) is 3.20. The van der Waals surface area contributed by atoms with Crippen LogP contribution in [0.3, 0.4) is 0 Å². The number of urea groups is 1. The Morgan fingerprint density at radius 3 is 2.75 bits per heavy atom. The van der Waals surface area contributed by atoms with Gasteiger partial charge >= 0.3 is 6.03 Å². The van der Waals surface area contributed by atoms with Crippen molar-refractivity contribution in [2.75, 3.05) is 31.6 Å². The van der Waals surface area contributed by atoms with Crippen molar-refractivity contribution in [3.05, 3.63) is 29.8 Å². The number of hydrogen-bond donors (Lipinski definition) is 2. The molecule has 2 N–H and O–H groups in total. The fraction of sp³-hybridized carbons (Fsp3) is 0.556. The number of ether oxygens (including phenoxy) is 1. The largest absolute Gasteiger partial charge is 0.376 e. The van der Waals surface area contributed by atoms with Crippen LogP contribution in [0.5, 0.6) is 0 Å². The maximum Gasteiger partial charge on any atom is 0.319 e. The number of piperidine rings is 1. The molecule has 24 heavy (non-hydrogen) atoms. The molecule has 2 saturated heterocycles. The predicted octanol–water partition coefficient (Wildman–Crippen LogP) is 2.61. The van der Waals surface area contributed by atoms with E-state index in [-0.39, 0.29) is 18.0 Å². The molecular formula is C18H25N3O3. The summed E-state index contributed by atoms with van der Waals surface area (Å²) >= 11 is 0. The van der Waals surface area contributed by atoms with Crippen LogP contribution in [-0.4, -0.2) is 49.2 Å². The summed E-state index contributed by atoms with van der Waals surface area (Å²) in [7, 11) is 0. The van der Waals surface area contributed by atoms with E-state index >= 15 is 0 Å². The van der Waals surface area contributed by atoms with Crippen LogP contribution in [0, 0.1) is 0 Å². The molecule has 2 aliphatic heterocycles. The van der Waals surface area contributed by atoms with Gasteiger partial charge in [0.2, 0.25) is 0 Å². The first kappa shape index (κ1) is 16.8. The Bertz CT molecular complexity index is 579. The molecule has 1 atom stereocenters. The molecule has 2 aliphatic rings. The molecule has 6 heteroatoms. The highest BCUT2D eigenvalue weighted by Gasteiger charge is 2.19. The van der Waals surface area contributed by atoms with Crippen LogP contribution in [0.4, 0.5) is 10.5 Å². The minimum absolute atomic E-state index is 0.0399. The smallest absolute Gasteiger partial charge is 0.319 e. The van der Waals surface area contributed by atoms with Gasteiger partial charge in [-0.2, -0.15) is 0 Å². The molecule has 0 bridgehead atoms. The average Bonchev–Trinajstić information content (AvgIpc) is 3.14. The molecule has 0 spiro atoms. The summed E-state index contributed by atoms with van der Waals surface area (Å²) in [6, 6.07) is 6.86. The standard InChI is InChI=1S/C18H25N3O3/c22-17(21-9-2-1-3-10-21)14-6-4-7-15(12-14)20-18(23)19-13-16-8-5-11-24-16/h4,6-7,12,16H,1-3,5,8-11,13H2,(H2,19,20,23). The first-order valence-electron chi connectivity index (χ1n) is 8.78. The second-order valence-electron chi connectivity index (χ2n) is 6.40. The zero-order valence-corrected chi connectivity index (χ0v) is 13.9. The number of hydrogen-bond acceptors (Lipinski definition) is 3. The van der Waals surface area contributed by atoms with E-state index in [1.54, 1.807) is 24.3 Å². The third-order valence-electron chi connectivity index (χ3n) is 4.52. The second-order valence-corrected chi connectivity index (χ2v) is 6.40. The van der Waals surface area contributed by atoms with Gasteiger partial charge in [0.1, 0.15) is 0 Å². The number of rotatable bonds is 4. The van der Waals surface area contributed by atoms with Gasteiger partial charge < -0.3 is 20.3 Å². The van der Waals surface area contributed by atoms with Gasteiger partial charge in [-0.15, -0.1) is 0 Å². The van der Waals surface area contributed by atoms with Gasteiger partial charge in [-0.25, -0.2) is 4.79 Å². The average molecular weight is 331 g/mol. The Morgan fingerprint density at radius 1 is 1.17 bits per heavy atom. The predicted molar refractivity (Wildman–Crippen MR) is 92.2 cm³/mol. The van der Waals surface area contributed by atoms with E-state index in [0.717, 1.165) is 45.4 Å². The summed E-state index contributed by atoms with van der Waals surface area (Å²) in [5, 5.41) is 5.60. The summed E-state index contributed by atoms with van der Waals surface area (Å²) in [4.78, 5) is 26.4. The summed E-state index contributed by atoms with van der Waals surface area (Å²) in [5.74, 6) is 0.0399. The first-order chi connectivity index (χ1) is 11.7. The van der Waals surface area contributed by atoms with Crippen LogP contribution in [0.2, 0.25) is 0 Å². The monoisotopic (exact) mass is 331 g/mol. The molecule has 1 unspecified atom stereocenters. The number of likely N-dealkylation sites (tertiary alicyclic amines) is 1. The van der Waals surface area contributed by atoms with Gasteiger partial charge in [0.25, 0.3) is 5.91 Å². The van der Waals surface area contributed by atoms with Crippen LogP contribution in [-0.2, 0) is 4.74 Å². The van der Waals surface area contributed by atoms with Gasteiger partial charge in [0.15, 0.2) is 0 Å². The molecule has 130 valence electrons. The first-order valence-corrected chi connectivity index (χ1v) is 8.78. The lowest BCUT2D eigenvalue weighted by Crippen LogP contribution is -2.36. The fourth-order valence-electron chi connectivity index (χ4n) is 3.20. The lowest BCUT2D eigenvalue weighted by atomic mass is 10.1. The van der Waals surface area contributed by atoms with Crippen molar-refractivity contribution in [1.29, 1.82) is 0 Å². The molecular weight excluding hydrogens is 306 g/mol. The van der Waals surface area contributed by atoms with Gasteiger partial charge in [-0.1, -0.05) is 6.07 Å². The van der Waals surface area contributed by atoms with Crippen LogP contribution >= 0.6 is 0 Å². The van der Waals surface area contributed by atoms with Crippen LogP contribution in [0.1, 0.15) is 42.5 Å². The molecule has 2 heterocycles. The number of benzene rings is 1. The van der Waals surface area contributed by atoms with E-state index in [1.165, 1.54) is 6.42 Å². The van der Waals surface area contributed by atoms with Crippen molar-refractivity contribution in [3.8, 4) is 0 Å². The van der Waals surface area contributed by atoms with Crippen molar-refractivity contribution in [2.45, 2.75) is 38.2 Å². The van der Waals surface area contributed by atoms with Crippen molar-refractivity contribution in [3.63, 3.8) is 0 Å². The Morgan fingerprint density at radius 2 is 2.00 bits per heavy atom. The van der Waals surface area contributed by atoms with Gasteiger partial charge in [-0.3, -0.25) is 4.79 Å². The maximum absolute atomic E-state index is 12.5. The highest BCUT2D eigenvalue weighted by atomic mass is 16.5. The molecule has 3 amide bonds. The lowest BCUT2D eigenvalue weighted by molar-refractivity contribution is 0.0724. The molecule has 0 radical (unpaired) electrons. The molecule has 1 aromatic rings. The Labute approximate surface area is 142 Å². The summed E-state index contributed by atoms with van der Waals surface area (Å²) in [6.07, 6.45) is 5.47. The highest BCUT2D eigenvalue weighted by molar-refractivity contribution is 5.97. The molecule has 0 saturated carbocycles. The summed E-state index contributed by atoms with van der Waals surface area (Å²) in [6.45, 7) is 2.92. The van der Waals surface area contributed by atoms with Gasteiger partial charge in [0.05, 0.1) is 6.10 Å². The van der Waals surface area contributed by atoms with Crippen molar-refractivity contribution in [1.82, 2.24) is 10.2 Å². The molecule has 3 rings (SSSR count). The second kappa shape index (κ2) is 8.15. The molecule has 6 nitrogen and oxygen atoms in total. The lowest BCUT2D eigenvalue weighted by Gasteiger charge is -2.26. The molecule has 0 aliphatic carbocycles. The third-order valence-corrected chi connectivity index (χ3v) is 4.52. The maximum atomic E-state index is 12.5. The number of nitrogens with one attached hydrogen (secondary N) is 2. The number of carbonyl (C=O) groups excluding carboxylic acids is 2. The zero-order valence-electron chi connectivity index (χ0n) is 13.9. The number of amides is 3. The van der Waals surface area contributed by atoms with E-state index in [1.807, 2.05) is 4.90 Å². The Balaban J connectivity index is 1.54. The van der Waals surface area contributed by atoms with Crippen molar-refractivity contribution in [2.24, 2.45) is 0 Å². The SMILES string of the molecule is O=C(NCC1CCCO1)Nc1cccc(C(=O)N2CCCCC2)c1. The van der Waals surface area contributed by atoms with E-state index in [2.05, 4.69) is 10.6 Å². The van der Waals surface area contributed by atoms with Gasteiger partial charge in [0, 0.05) is 37.5 Å². The number of carbonyl (C=O) groups is 2. The van der Waals surface area contributed by atoms with Crippen LogP contribution in [0.15, 0.2) is 24.3 Å². The normalized spacial score (nSPS) is 20.7. The minimum Gasteiger partial charge on any atom is -0.376 e. The van der Waals surface area contributed by atoms with E-state index in [9.17, 15) is 9.59 Å². The summed E-state index contributed by atoms with van der Waals surface area (Å²) in [5.41, 5.74) is 1.25. The topological polar surface area (TPSA) is 70.7 Å². The zero-order chi connectivity index (χ0) is 16.8. The van der Waals surface area contributed by atoms with Crippen LogP contribution < -0.4 is 10.6 Å².